The number of nitrogens with one attached hydrogen (secondary N) is 1. The molecule has 4 heteroatoms. The summed E-state index contributed by atoms with van der Waals surface area (Å²) in [6.45, 7) is 2.57. The molecule has 1 saturated heterocycles. The van der Waals surface area contributed by atoms with Crippen LogP contribution in [0.5, 0.6) is 0 Å². The molecule has 0 spiro atoms. The van der Waals surface area contributed by atoms with E-state index in [4.69, 9.17) is 5.73 Å². The number of anilines is 1. The van der Waals surface area contributed by atoms with Gasteiger partial charge in [-0.3, -0.25) is 9.78 Å². The standard InChI is InChI=1S/C10H13N3O/c1-6-8(11)2-3-9(13-6)7-4-10(14)12-5-7/h2-3,7H,4-5,11H2,1H3,(H,12,14). The highest BCUT2D eigenvalue weighted by Crippen LogP contribution is 2.22. The van der Waals surface area contributed by atoms with E-state index in [0.29, 0.717) is 18.7 Å². The molecule has 3 N–H and O–H groups in total. The van der Waals surface area contributed by atoms with Crippen molar-refractivity contribution < 1.29 is 4.79 Å². The highest BCUT2D eigenvalue weighted by Gasteiger charge is 2.24. The Balaban J connectivity index is 2.24. The summed E-state index contributed by atoms with van der Waals surface area (Å²) in [6, 6.07) is 3.74. The third-order valence-corrected chi connectivity index (χ3v) is 2.54. The zero-order valence-electron chi connectivity index (χ0n) is 8.08. The first-order valence-corrected chi connectivity index (χ1v) is 4.66. The quantitative estimate of drug-likeness (QED) is 0.682. The maximum absolute atomic E-state index is 11.0. The van der Waals surface area contributed by atoms with Crippen molar-refractivity contribution in [3.63, 3.8) is 0 Å². The van der Waals surface area contributed by atoms with E-state index in [0.717, 1.165) is 11.4 Å². The minimum Gasteiger partial charge on any atom is -0.397 e. The van der Waals surface area contributed by atoms with Gasteiger partial charge in [0.2, 0.25) is 5.91 Å². The van der Waals surface area contributed by atoms with E-state index >= 15 is 0 Å². The average Bonchev–Trinajstić information content (AvgIpc) is 2.57. The van der Waals surface area contributed by atoms with E-state index in [2.05, 4.69) is 10.3 Å². The summed E-state index contributed by atoms with van der Waals surface area (Å²) in [4.78, 5) is 15.4. The number of hydrogen-bond donors (Lipinski definition) is 2. The summed E-state index contributed by atoms with van der Waals surface area (Å²) in [6.07, 6.45) is 0.538. The topological polar surface area (TPSA) is 68.0 Å². The van der Waals surface area contributed by atoms with E-state index in [1.54, 1.807) is 0 Å². The lowest BCUT2D eigenvalue weighted by Gasteiger charge is -2.08. The third-order valence-electron chi connectivity index (χ3n) is 2.54. The lowest BCUT2D eigenvalue weighted by atomic mass is 10.0. The van der Waals surface area contributed by atoms with Crippen LogP contribution in [0.15, 0.2) is 12.1 Å². The van der Waals surface area contributed by atoms with Crippen LogP contribution >= 0.6 is 0 Å². The fourth-order valence-corrected chi connectivity index (χ4v) is 1.63. The third kappa shape index (κ3) is 1.55. The molecule has 0 saturated carbocycles. The predicted octanol–water partition coefficient (Wildman–Crippen LogP) is 0.576. The van der Waals surface area contributed by atoms with Gasteiger partial charge in [-0.2, -0.15) is 0 Å². The van der Waals surface area contributed by atoms with Gasteiger partial charge in [-0.15, -0.1) is 0 Å². The Labute approximate surface area is 82.5 Å². The van der Waals surface area contributed by atoms with E-state index in [1.807, 2.05) is 19.1 Å². The molecule has 1 aliphatic rings. The molecule has 1 aliphatic heterocycles. The van der Waals surface area contributed by atoms with Gasteiger partial charge in [-0.05, 0) is 19.1 Å². The summed E-state index contributed by atoms with van der Waals surface area (Å²) in [7, 11) is 0. The molecule has 4 nitrogen and oxygen atoms in total. The summed E-state index contributed by atoms with van der Waals surface area (Å²) in [5.74, 6) is 0.313. The Hall–Kier alpha value is -1.58. The molecule has 1 atom stereocenters. The molecule has 0 aromatic carbocycles. The Morgan fingerprint density at radius 2 is 2.36 bits per heavy atom. The smallest absolute Gasteiger partial charge is 0.220 e. The van der Waals surface area contributed by atoms with E-state index < -0.39 is 0 Å². The second kappa shape index (κ2) is 3.29. The van der Waals surface area contributed by atoms with Crippen molar-refractivity contribution in [1.29, 1.82) is 0 Å². The summed E-state index contributed by atoms with van der Waals surface area (Å²) >= 11 is 0. The van der Waals surface area contributed by atoms with Gasteiger partial charge in [0.15, 0.2) is 0 Å². The van der Waals surface area contributed by atoms with Crippen LogP contribution in [0.3, 0.4) is 0 Å². The maximum Gasteiger partial charge on any atom is 0.220 e. The van der Waals surface area contributed by atoms with Gasteiger partial charge in [-0.1, -0.05) is 0 Å². The molecule has 74 valence electrons. The number of pyridine rings is 1. The molecule has 0 aliphatic carbocycles. The molecule has 0 radical (unpaired) electrons. The van der Waals surface area contributed by atoms with Crippen LogP contribution in [0.2, 0.25) is 0 Å². The van der Waals surface area contributed by atoms with Crippen LogP contribution in [0.1, 0.15) is 23.7 Å². The fourth-order valence-electron chi connectivity index (χ4n) is 1.63. The number of rotatable bonds is 1. The Kier molecular flexibility index (Phi) is 2.11. The lowest BCUT2D eigenvalue weighted by Crippen LogP contribution is -2.13. The molecule has 1 aromatic rings. The van der Waals surface area contributed by atoms with Crippen LogP contribution in [0.4, 0.5) is 5.69 Å². The minimum atomic E-state index is 0.103. The van der Waals surface area contributed by atoms with Gasteiger partial charge in [0.1, 0.15) is 0 Å². The van der Waals surface area contributed by atoms with Gasteiger partial charge >= 0.3 is 0 Å². The van der Waals surface area contributed by atoms with E-state index in [-0.39, 0.29) is 11.8 Å². The van der Waals surface area contributed by atoms with Crippen LogP contribution in [-0.4, -0.2) is 17.4 Å². The molecule has 0 bridgehead atoms. The number of nitrogens with two attached hydrogens (primary N) is 1. The van der Waals surface area contributed by atoms with Crippen LogP contribution in [0, 0.1) is 6.92 Å². The molecule has 1 aromatic heterocycles. The number of amides is 1. The number of aromatic nitrogens is 1. The first-order valence-electron chi connectivity index (χ1n) is 4.66. The van der Waals surface area contributed by atoms with Crippen molar-refractivity contribution >= 4 is 11.6 Å². The Bertz CT molecular complexity index is 376. The summed E-state index contributed by atoms with van der Waals surface area (Å²) in [5, 5.41) is 2.79. The van der Waals surface area contributed by atoms with E-state index in [9.17, 15) is 4.79 Å². The molecule has 1 amide bonds. The molecule has 1 fully saturated rings. The predicted molar refractivity (Wildman–Crippen MR) is 53.8 cm³/mol. The fraction of sp³-hybridized carbons (Fsp3) is 0.400. The number of carbonyl (C=O) groups excluding carboxylic acids is 1. The highest BCUT2D eigenvalue weighted by molar-refractivity contribution is 5.79. The molecular formula is C10H13N3O. The van der Waals surface area contributed by atoms with Crippen LogP contribution in [0.25, 0.3) is 0 Å². The Morgan fingerprint density at radius 1 is 1.57 bits per heavy atom. The van der Waals surface area contributed by atoms with Crippen LogP contribution in [-0.2, 0) is 4.79 Å². The van der Waals surface area contributed by atoms with Gasteiger partial charge in [-0.25, -0.2) is 0 Å². The normalized spacial score (nSPS) is 20.9. The zero-order chi connectivity index (χ0) is 10.1. The van der Waals surface area contributed by atoms with Crippen molar-refractivity contribution in [3.8, 4) is 0 Å². The number of nitrogen functional groups attached to an aromatic ring is 1. The maximum atomic E-state index is 11.0. The van der Waals surface area contributed by atoms with E-state index in [1.165, 1.54) is 0 Å². The SMILES string of the molecule is Cc1nc(C2CNC(=O)C2)ccc1N. The summed E-state index contributed by atoms with van der Waals surface area (Å²) in [5.41, 5.74) is 8.16. The number of hydrogen-bond acceptors (Lipinski definition) is 3. The molecule has 2 heterocycles. The minimum absolute atomic E-state index is 0.103. The van der Waals surface area contributed by atoms with Crippen molar-refractivity contribution in [2.45, 2.75) is 19.3 Å². The van der Waals surface area contributed by atoms with Gasteiger partial charge in [0.05, 0.1) is 11.4 Å². The number of carbonyl (C=O) groups is 1. The first kappa shape index (κ1) is 8.99. The largest absolute Gasteiger partial charge is 0.397 e. The summed E-state index contributed by atoms with van der Waals surface area (Å²) < 4.78 is 0. The highest BCUT2D eigenvalue weighted by atomic mass is 16.1. The molecule has 14 heavy (non-hydrogen) atoms. The molecule has 2 rings (SSSR count). The second-order valence-corrected chi connectivity index (χ2v) is 3.62. The molecule has 1 unspecified atom stereocenters. The average molecular weight is 191 g/mol. The van der Waals surface area contributed by atoms with Gasteiger partial charge in [0, 0.05) is 24.6 Å². The second-order valence-electron chi connectivity index (χ2n) is 3.62. The Morgan fingerprint density at radius 3 is 2.93 bits per heavy atom. The van der Waals surface area contributed by atoms with Gasteiger partial charge < -0.3 is 11.1 Å². The van der Waals surface area contributed by atoms with Crippen molar-refractivity contribution in [3.05, 3.63) is 23.5 Å². The first-order chi connectivity index (χ1) is 6.66. The van der Waals surface area contributed by atoms with Gasteiger partial charge in [0.25, 0.3) is 0 Å². The lowest BCUT2D eigenvalue weighted by molar-refractivity contribution is -0.119. The van der Waals surface area contributed by atoms with Crippen molar-refractivity contribution in [2.75, 3.05) is 12.3 Å². The monoisotopic (exact) mass is 191 g/mol. The van der Waals surface area contributed by atoms with Crippen molar-refractivity contribution in [1.82, 2.24) is 10.3 Å². The van der Waals surface area contributed by atoms with Crippen molar-refractivity contribution in [2.24, 2.45) is 0 Å². The molecular weight excluding hydrogens is 178 g/mol. The number of aryl methyl sites for hydroxylation is 1. The zero-order valence-corrected chi connectivity index (χ0v) is 8.08. The van der Waals surface area contributed by atoms with Crippen LogP contribution < -0.4 is 11.1 Å². The number of nitrogens with zero attached hydrogens (tertiary/aromatic N) is 1.